The minimum atomic E-state index is 0.0590. The fourth-order valence-corrected chi connectivity index (χ4v) is 8.63. The van der Waals surface area contributed by atoms with Crippen molar-refractivity contribution in [3.05, 3.63) is 178 Å². The van der Waals surface area contributed by atoms with Gasteiger partial charge in [0.1, 0.15) is 0 Å². The van der Waals surface area contributed by atoms with Crippen LogP contribution in [0.3, 0.4) is 0 Å². The van der Waals surface area contributed by atoms with E-state index in [1.165, 1.54) is 77.9 Å². The lowest BCUT2D eigenvalue weighted by atomic mass is 9.81. The molecule has 0 unspecified atom stereocenters. The van der Waals surface area contributed by atoms with Crippen LogP contribution in [0.5, 0.6) is 0 Å². The minimum absolute atomic E-state index is 0.0590. The Morgan fingerprint density at radius 1 is 0.333 bits per heavy atom. The van der Waals surface area contributed by atoms with Crippen molar-refractivity contribution >= 4 is 0 Å². The van der Waals surface area contributed by atoms with Crippen LogP contribution in [-0.4, -0.2) is 0 Å². The molecular weight excluding hydrogens is 581 g/mol. The zero-order valence-corrected chi connectivity index (χ0v) is 29.1. The molecule has 0 amide bonds. The van der Waals surface area contributed by atoms with Gasteiger partial charge in [-0.1, -0.05) is 175 Å². The van der Waals surface area contributed by atoms with Crippen molar-refractivity contribution < 1.29 is 0 Å². The van der Waals surface area contributed by atoms with E-state index in [-0.39, 0.29) is 16.2 Å². The Kier molecular flexibility index (Phi) is 7.78. The van der Waals surface area contributed by atoms with E-state index in [2.05, 4.69) is 187 Å². The first-order chi connectivity index (χ1) is 23.1. The highest BCUT2D eigenvalue weighted by molar-refractivity contribution is 5.83. The smallest absolute Gasteiger partial charge is 0.0158 e. The molecule has 0 aromatic heterocycles. The Morgan fingerprint density at radius 2 is 0.583 bits per heavy atom. The summed E-state index contributed by atoms with van der Waals surface area (Å²) >= 11 is 0. The second-order valence-corrected chi connectivity index (χ2v) is 15.0. The lowest BCUT2D eigenvalue weighted by Crippen LogP contribution is -2.15. The third kappa shape index (κ3) is 4.86. The van der Waals surface area contributed by atoms with Crippen LogP contribution < -0.4 is 11.7 Å². The topological polar surface area (TPSA) is 52.0 Å². The molecule has 4 N–H and O–H groups in total. The molecular formula is C46H46N2. The van der Waals surface area contributed by atoms with Gasteiger partial charge in [0.2, 0.25) is 0 Å². The first-order valence-corrected chi connectivity index (χ1v) is 17.1. The molecule has 9 rings (SSSR count). The zero-order chi connectivity index (χ0) is 33.8. The quantitative estimate of drug-likeness (QED) is 0.148. The Bertz CT molecular complexity index is 2010. The number of rotatable bonds is 2. The van der Waals surface area contributed by atoms with Crippen molar-refractivity contribution in [2.24, 2.45) is 11.7 Å². The summed E-state index contributed by atoms with van der Waals surface area (Å²) in [6.45, 7) is 14.0. The molecule has 3 aliphatic rings. The molecule has 6 aromatic carbocycles. The van der Waals surface area contributed by atoms with Crippen molar-refractivity contribution in [3.8, 4) is 33.4 Å². The van der Waals surface area contributed by atoms with Gasteiger partial charge in [-0.2, -0.15) is 0 Å². The number of hydrogen-bond donors (Lipinski definition) is 2. The van der Waals surface area contributed by atoms with Gasteiger partial charge in [0.05, 0.1) is 0 Å². The second-order valence-electron chi connectivity index (χ2n) is 15.0. The number of nitrogens with two attached hydrogens (primary N) is 2. The lowest BCUT2D eigenvalue weighted by molar-refractivity contribution is 0.658. The van der Waals surface area contributed by atoms with Gasteiger partial charge in [-0.15, -0.1) is 0 Å². The predicted molar refractivity (Wildman–Crippen MR) is 203 cm³/mol. The first-order valence-electron chi connectivity index (χ1n) is 17.1. The maximum atomic E-state index is 4.00. The van der Waals surface area contributed by atoms with Crippen LogP contribution in [0, 0.1) is 0 Å². The summed E-state index contributed by atoms with van der Waals surface area (Å²) < 4.78 is 0. The van der Waals surface area contributed by atoms with E-state index in [4.69, 9.17) is 0 Å². The van der Waals surface area contributed by atoms with E-state index < -0.39 is 0 Å². The van der Waals surface area contributed by atoms with Crippen LogP contribution in [0.25, 0.3) is 33.4 Å². The van der Waals surface area contributed by atoms with E-state index in [0.29, 0.717) is 0 Å². The molecule has 0 aliphatic heterocycles. The van der Waals surface area contributed by atoms with Crippen molar-refractivity contribution in [3.63, 3.8) is 0 Å². The van der Waals surface area contributed by atoms with Crippen LogP contribution in [-0.2, 0) is 22.7 Å². The standard InChI is InChI=1S/C31H28.C15H14.H4N2/c1-30(2)26-11-7-5-9-22(26)24-15-13-20(18-28(24)30)17-21-14-16-25-23-10-6-8-12-27(23)31(3,4)29(25)19-21;1-15(2)13-9-5-3-7-11(13)12-8-4-6-10-14(12)15;1-2/h5-16,18-19H,17H2,1-4H3;3-10H,1-2H3;1-2H2. The normalized spacial score (nSPS) is 15.7. The molecule has 6 aromatic rings. The predicted octanol–water partition coefficient (Wildman–Crippen LogP) is 10.7. The fourth-order valence-electron chi connectivity index (χ4n) is 8.63. The van der Waals surface area contributed by atoms with Crippen LogP contribution in [0.15, 0.2) is 133 Å². The summed E-state index contributed by atoms with van der Waals surface area (Å²) in [6, 6.07) is 49.4. The number of fused-ring (bicyclic) bond motifs is 9. The van der Waals surface area contributed by atoms with Gasteiger partial charge in [0, 0.05) is 16.2 Å². The summed E-state index contributed by atoms with van der Waals surface area (Å²) in [7, 11) is 0. The van der Waals surface area contributed by atoms with Crippen LogP contribution in [0.4, 0.5) is 0 Å². The highest BCUT2D eigenvalue weighted by atomic mass is 15.0. The highest BCUT2D eigenvalue weighted by Crippen LogP contribution is 2.51. The SMILES string of the molecule is CC1(C)c2ccccc2-c2ccc(Cc3ccc4c(c3)C(C)(C)c3ccccc3-4)cc21.CC1(C)c2ccccc2-c2ccccc21.NN. The summed E-state index contributed by atoms with van der Waals surface area (Å²) in [4.78, 5) is 0. The van der Waals surface area contributed by atoms with Crippen LogP contribution >= 0.6 is 0 Å². The molecule has 48 heavy (non-hydrogen) atoms. The van der Waals surface area contributed by atoms with Gasteiger partial charge in [-0.25, -0.2) is 0 Å². The molecule has 240 valence electrons. The van der Waals surface area contributed by atoms with E-state index >= 15 is 0 Å². The third-order valence-corrected chi connectivity index (χ3v) is 11.2. The highest BCUT2D eigenvalue weighted by Gasteiger charge is 2.37. The number of hydrogen-bond acceptors (Lipinski definition) is 2. The van der Waals surface area contributed by atoms with Crippen LogP contribution in [0.1, 0.15) is 86.1 Å². The first kappa shape index (κ1) is 31.8. The van der Waals surface area contributed by atoms with Crippen LogP contribution in [0.2, 0.25) is 0 Å². The monoisotopic (exact) mass is 626 g/mol. The molecule has 0 spiro atoms. The number of hydrazine groups is 1. The Balaban J connectivity index is 0.000000179. The van der Waals surface area contributed by atoms with Crippen molar-refractivity contribution in [2.75, 3.05) is 0 Å². The molecule has 0 atom stereocenters. The van der Waals surface area contributed by atoms with Gasteiger partial charge in [-0.3, -0.25) is 11.7 Å². The summed E-state index contributed by atoms with van der Waals surface area (Å²) in [5.74, 6) is 8.00. The molecule has 0 saturated heterocycles. The van der Waals surface area contributed by atoms with E-state index in [1.54, 1.807) is 0 Å². The zero-order valence-electron chi connectivity index (χ0n) is 29.1. The lowest BCUT2D eigenvalue weighted by Gasteiger charge is -2.22. The van der Waals surface area contributed by atoms with E-state index in [0.717, 1.165) is 6.42 Å². The summed E-state index contributed by atoms with van der Waals surface area (Å²) in [6.07, 6.45) is 0.972. The second kappa shape index (κ2) is 11.7. The molecule has 0 bridgehead atoms. The van der Waals surface area contributed by atoms with Gasteiger partial charge in [-0.05, 0) is 84.3 Å². The third-order valence-electron chi connectivity index (χ3n) is 11.2. The van der Waals surface area contributed by atoms with Gasteiger partial charge in [0.25, 0.3) is 0 Å². The van der Waals surface area contributed by atoms with Crippen molar-refractivity contribution in [2.45, 2.75) is 64.2 Å². The van der Waals surface area contributed by atoms with Crippen molar-refractivity contribution in [1.29, 1.82) is 0 Å². The molecule has 0 radical (unpaired) electrons. The molecule has 0 saturated carbocycles. The van der Waals surface area contributed by atoms with E-state index in [1.807, 2.05) is 0 Å². The van der Waals surface area contributed by atoms with Gasteiger partial charge in [0.15, 0.2) is 0 Å². The average molecular weight is 627 g/mol. The van der Waals surface area contributed by atoms with E-state index in [9.17, 15) is 0 Å². The van der Waals surface area contributed by atoms with Crippen molar-refractivity contribution in [1.82, 2.24) is 0 Å². The Hall–Kier alpha value is -4.76. The summed E-state index contributed by atoms with van der Waals surface area (Å²) in [5.41, 5.74) is 20.2. The molecule has 0 heterocycles. The fraction of sp³-hybridized carbons (Fsp3) is 0.217. The molecule has 3 aliphatic carbocycles. The minimum Gasteiger partial charge on any atom is -0.274 e. The Morgan fingerprint density at radius 3 is 0.896 bits per heavy atom. The maximum Gasteiger partial charge on any atom is 0.0158 e. The molecule has 2 heteroatoms. The molecule has 2 nitrogen and oxygen atoms in total. The number of benzene rings is 6. The molecule has 0 fully saturated rings. The maximum absolute atomic E-state index is 4.00. The average Bonchev–Trinajstić information content (AvgIpc) is 3.59. The van der Waals surface area contributed by atoms with Gasteiger partial charge >= 0.3 is 0 Å². The largest absolute Gasteiger partial charge is 0.274 e. The summed E-state index contributed by atoms with van der Waals surface area (Å²) in [5, 5.41) is 0. The Labute approximate surface area is 286 Å². The van der Waals surface area contributed by atoms with Gasteiger partial charge < -0.3 is 0 Å².